The van der Waals surface area contributed by atoms with Gasteiger partial charge in [-0.15, -0.1) is 23.7 Å². The van der Waals surface area contributed by atoms with E-state index in [0.29, 0.717) is 0 Å². The summed E-state index contributed by atoms with van der Waals surface area (Å²) in [5.74, 6) is 0. The monoisotopic (exact) mass is 378 g/mol. The van der Waals surface area contributed by atoms with Crippen molar-refractivity contribution in [1.82, 2.24) is 9.97 Å². The van der Waals surface area contributed by atoms with E-state index in [1.165, 1.54) is 51.9 Å². The Morgan fingerprint density at radius 2 is 1.62 bits per heavy atom. The molecule has 130 valence electrons. The molecule has 4 heteroatoms. The summed E-state index contributed by atoms with van der Waals surface area (Å²) in [7, 11) is 0. The Balaban J connectivity index is 0.00000168. The van der Waals surface area contributed by atoms with Crippen molar-refractivity contribution in [1.29, 1.82) is 0 Å². The van der Waals surface area contributed by atoms with Gasteiger partial charge in [-0.1, -0.05) is 30.3 Å². The highest BCUT2D eigenvalue weighted by molar-refractivity contribution is 7.19. The second-order valence-electron chi connectivity index (χ2n) is 6.55. The minimum Gasteiger partial charge on any atom is -0.265 e. The lowest BCUT2D eigenvalue weighted by Crippen LogP contribution is -1.98. The van der Waals surface area contributed by atoms with Gasteiger partial charge in [0.05, 0.1) is 5.69 Å². The van der Waals surface area contributed by atoms with Gasteiger partial charge in [-0.25, -0.2) is 4.98 Å². The fourth-order valence-electron chi connectivity index (χ4n) is 3.77. The Hall–Kier alpha value is -2.23. The van der Waals surface area contributed by atoms with Crippen molar-refractivity contribution in [2.75, 3.05) is 0 Å². The third kappa shape index (κ3) is 2.91. The molecular formula is C22H19ClN2S. The third-order valence-electron chi connectivity index (χ3n) is 4.99. The summed E-state index contributed by atoms with van der Waals surface area (Å²) in [5.41, 5.74) is 6.29. The van der Waals surface area contributed by atoms with E-state index < -0.39 is 0 Å². The van der Waals surface area contributed by atoms with Crippen molar-refractivity contribution in [2.24, 2.45) is 0 Å². The van der Waals surface area contributed by atoms with Gasteiger partial charge in [-0.05, 0) is 60.6 Å². The second kappa shape index (κ2) is 7.18. The number of nitrogens with zero attached hydrogens (tertiary/aromatic N) is 2. The molecule has 0 N–H and O–H groups in total. The first-order chi connectivity index (χ1) is 12.4. The van der Waals surface area contributed by atoms with Gasteiger partial charge in [-0.2, -0.15) is 0 Å². The van der Waals surface area contributed by atoms with Gasteiger partial charge in [0.25, 0.3) is 0 Å². The molecule has 3 heterocycles. The first-order valence-corrected chi connectivity index (χ1v) is 9.63. The van der Waals surface area contributed by atoms with E-state index in [-0.39, 0.29) is 12.4 Å². The zero-order valence-electron chi connectivity index (χ0n) is 14.3. The molecular weight excluding hydrogens is 360 g/mol. The van der Waals surface area contributed by atoms with Crippen LogP contribution in [0.3, 0.4) is 0 Å². The van der Waals surface area contributed by atoms with Crippen LogP contribution in [-0.2, 0) is 12.8 Å². The maximum Gasteiger partial charge on any atom is 0.125 e. The highest BCUT2D eigenvalue weighted by Gasteiger charge is 2.21. The highest BCUT2D eigenvalue weighted by Crippen LogP contribution is 2.42. The Labute approximate surface area is 163 Å². The van der Waals surface area contributed by atoms with E-state index in [2.05, 4.69) is 41.4 Å². The van der Waals surface area contributed by atoms with Crippen LogP contribution in [-0.4, -0.2) is 9.97 Å². The number of hydrogen-bond acceptors (Lipinski definition) is 3. The summed E-state index contributed by atoms with van der Waals surface area (Å²) in [6.07, 6.45) is 8.66. The Morgan fingerprint density at radius 3 is 2.42 bits per heavy atom. The van der Waals surface area contributed by atoms with E-state index >= 15 is 0 Å². The molecule has 0 aliphatic heterocycles. The maximum atomic E-state index is 5.03. The molecule has 5 rings (SSSR count). The highest BCUT2D eigenvalue weighted by atomic mass is 35.5. The molecule has 1 aliphatic carbocycles. The number of aromatic nitrogens is 2. The first-order valence-electron chi connectivity index (χ1n) is 8.81. The first kappa shape index (κ1) is 17.2. The number of pyridine rings is 2. The van der Waals surface area contributed by atoms with Crippen LogP contribution >= 0.6 is 23.7 Å². The largest absolute Gasteiger partial charge is 0.265 e. The normalized spacial score (nSPS) is 13.2. The fourth-order valence-corrected chi connectivity index (χ4v) is 5.06. The molecule has 0 amide bonds. The molecule has 0 fully saturated rings. The van der Waals surface area contributed by atoms with E-state index in [0.717, 1.165) is 11.3 Å². The van der Waals surface area contributed by atoms with Crippen molar-refractivity contribution >= 4 is 34.0 Å². The third-order valence-corrected chi connectivity index (χ3v) is 6.17. The summed E-state index contributed by atoms with van der Waals surface area (Å²) in [5, 5.41) is 1.38. The standard InChI is InChI=1S/C22H18N2S.ClH/c1-2-6-15(7-3-1)18-14-19(16-10-12-23-13-11-16)24-22-21(18)17-8-4-5-9-20(17)25-22;/h1-3,6-7,10-14H,4-5,8-9H2;1H. The van der Waals surface area contributed by atoms with Crippen LogP contribution in [0.2, 0.25) is 0 Å². The minimum atomic E-state index is 0. The van der Waals surface area contributed by atoms with Crippen LogP contribution in [0.25, 0.3) is 32.6 Å². The average Bonchev–Trinajstić information content (AvgIpc) is 3.07. The van der Waals surface area contributed by atoms with E-state index in [1.807, 2.05) is 35.9 Å². The molecule has 2 nitrogen and oxygen atoms in total. The van der Waals surface area contributed by atoms with E-state index in [4.69, 9.17) is 4.98 Å². The number of fused-ring (bicyclic) bond motifs is 3. The Bertz CT molecular complexity index is 1040. The summed E-state index contributed by atoms with van der Waals surface area (Å²) < 4.78 is 0. The molecule has 0 saturated carbocycles. The zero-order chi connectivity index (χ0) is 16.6. The SMILES string of the molecule is Cl.c1ccc(-c2cc(-c3ccncc3)nc3sc4c(c23)CCCC4)cc1. The minimum absolute atomic E-state index is 0. The number of benzene rings is 1. The Morgan fingerprint density at radius 1 is 0.846 bits per heavy atom. The second-order valence-corrected chi connectivity index (χ2v) is 7.63. The van der Waals surface area contributed by atoms with Crippen LogP contribution in [0.5, 0.6) is 0 Å². The number of rotatable bonds is 2. The van der Waals surface area contributed by atoms with E-state index in [9.17, 15) is 0 Å². The lowest BCUT2D eigenvalue weighted by molar-refractivity contribution is 0.700. The molecule has 0 bridgehead atoms. The van der Waals surface area contributed by atoms with Gasteiger partial charge in [0.2, 0.25) is 0 Å². The van der Waals surface area contributed by atoms with Crippen LogP contribution in [0.15, 0.2) is 60.9 Å². The molecule has 3 aromatic heterocycles. The van der Waals surface area contributed by atoms with Crippen LogP contribution in [0.1, 0.15) is 23.3 Å². The number of halogens is 1. The van der Waals surface area contributed by atoms with Gasteiger partial charge in [0.15, 0.2) is 0 Å². The van der Waals surface area contributed by atoms with Gasteiger partial charge in [0.1, 0.15) is 4.83 Å². The van der Waals surface area contributed by atoms with Crippen LogP contribution in [0, 0.1) is 0 Å². The van der Waals surface area contributed by atoms with E-state index in [1.54, 1.807) is 5.56 Å². The lowest BCUT2D eigenvalue weighted by atomic mass is 9.92. The topological polar surface area (TPSA) is 25.8 Å². The zero-order valence-corrected chi connectivity index (χ0v) is 15.9. The predicted molar refractivity (Wildman–Crippen MR) is 112 cm³/mol. The van der Waals surface area contributed by atoms with Gasteiger partial charge < -0.3 is 0 Å². The van der Waals surface area contributed by atoms with Gasteiger partial charge in [-0.3, -0.25) is 4.98 Å². The quantitative estimate of drug-likeness (QED) is 0.407. The number of aryl methyl sites for hydroxylation is 2. The van der Waals surface area contributed by atoms with Crippen molar-refractivity contribution in [3.8, 4) is 22.4 Å². The van der Waals surface area contributed by atoms with Crippen molar-refractivity contribution in [3.05, 3.63) is 71.4 Å². The summed E-state index contributed by atoms with van der Waals surface area (Å²) in [4.78, 5) is 11.9. The molecule has 0 spiro atoms. The van der Waals surface area contributed by atoms with Crippen molar-refractivity contribution in [2.45, 2.75) is 25.7 Å². The van der Waals surface area contributed by atoms with Crippen LogP contribution < -0.4 is 0 Å². The lowest BCUT2D eigenvalue weighted by Gasteiger charge is -2.13. The van der Waals surface area contributed by atoms with Crippen molar-refractivity contribution < 1.29 is 0 Å². The molecule has 1 aliphatic rings. The average molecular weight is 379 g/mol. The van der Waals surface area contributed by atoms with Crippen LogP contribution in [0.4, 0.5) is 0 Å². The summed E-state index contributed by atoms with van der Waals surface area (Å²) in [6.45, 7) is 0. The van der Waals surface area contributed by atoms with Gasteiger partial charge in [0, 0.05) is 28.2 Å². The molecule has 26 heavy (non-hydrogen) atoms. The molecule has 0 atom stereocenters. The summed E-state index contributed by atoms with van der Waals surface area (Å²) in [6, 6.07) is 17.1. The van der Waals surface area contributed by atoms with Gasteiger partial charge >= 0.3 is 0 Å². The maximum absolute atomic E-state index is 5.03. The fraction of sp³-hybridized carbons (Fsp3) is 0.182. The predicted octanol–water partition coefficient (Wildman–Crippen LogP) is 6.33. The summed E-state index contributed by atoms with van der Waals surface area (Å²) >= 11 is 1.89. The smallest absolute Gasteiger partial charge is 0.125 e. The molecule has 0 unspecified atom stereocenters. The molecule has 4 aromatic rings. The Kier molecular flexibility index (Phi) is 4.75. The molecule has 0 saturated heterocycles. The van der Waals surface area contributed by atoms with Crippen molar-refractivity contribution in [3.63, 3.8) is 0 Å². The number of hydrogen-bond donors (Lipinski definition) is 0. The number of thiophene rings is 1. The molecule has 0 radical (unpaired) electrons. The molecule has 1 aromatic carbocycles.